The molecule has 1 heterocycles. The van der Waals surface area contributed by atoms with E-state index in [1.807, 2.05) is 0 Å². The van der Waals surface area contributed by atoms with Crippen LogP contribution >= 0.6 is 0 Å². The third kappa shape index (κ3) is 5.05. The normalized spacial score (nSPS) is 11.8. The van der Waals surface area contributed by atoms with Crippen LogP contribution in [0.4, 0.5) is 17.1 Å². The van der Waals surface area contributed by atoms with Crippen molar-refractivity contribution in [2.75, 3.05) is 4.90 Å². The zero-order chi connectivity index (χ0) is 38.2. The highest BCUT2D eigenvalue weighted by Gasteiger charge is 2.22. The van der Waals surface area contributed by atoms with Crippen molar-refractivity contribution >= 4 is 92.9 Å². The van der Waals surface area contributed by atoms with Crippen molar-refractivity contribution < 1.29 is 4.42 Å². The summed E-state index contributed by atoms with van der Waals surface area (Å²) in [5.41, 5.74) is 9.75. The van der Waals surface area contributed by atoms with E-state index in [-0.39, 0.29) is 0 Å². The molecule has 0 fully saturated rings. The Morgan fingerprint density at radius 3 is 1.62 bits per heavy atom. The summed E-state index contributed by atoms with van der Waals surface area (Å²) in [5.74, 6) is 0. The first-order valence-electron chi connectivity index (χ1n) is 19.9. The lowest BCUT2D eigenvalue weighted by Gasteiger charge is -2.29. The second-order valence-corrected chi connectivity index (χ2v) is 15.2. The number of fused-ring (bicyclic) bond motifs is 10. The number of hydrogen-bond acceptors (Lipinski definition) is 2. The van der Waals surface area contributed by atoms with Crippen LogP contribution in [-0.4, -0.2) is 0 Å². The molecule has 270 valence electrons. The average molecular weight is 738 g/mol. The molecule has 0 aliphatic rings. The zero-order valence-electron chi connectivity index (χ0n) is 31.6. The van der Waals surface area contributed by atoms with Gasteiger partial charge in [-0.2, -0.15) is 0 Å². The number of rotatable bonds is 5. The van der Waals surface area contributed by atoms with Gasteiger partial charge in [-0.25, -0.2) is 0 Å². The lowest BCUT2D eigenvalue weighted by Crippen LogP contribution is -2.11. The molecule has 0 aliphatic carbocycles. The van der Waals surface area contributed by atoms with E-state index in [9.17, 15) is 0 Å². The molecular formula is C56H35NO. The summed E-state index contributed by atoms with van der Waals surface area (Å²) in [6, 6.07) is 77.1. The Morgan fingerprint density at radius 1 is 0.293 bits per heavy atom. The van der Waals surface area contributed by atoms with Crippen LogP contribution < -0.4 is 4.90 Å². The minimum atomic E-state index is 0.882. The molecule has 0 unspecified atom stereocenters. The van der Waals surface area contributed by atoms with Crippen LogP contribution in [0.5, 0.6) is 0 Å². The molecule has 0 atom stereocenters. The largest absolute Gasteiger partial charge is 0.456 e. The maximum Gasteiger partial charge on any atom is 0.136 e. The molecule has 58 heavy (non-hydrogen) atoms. The maximum atomic E-state index is 6.59. The molecule has 0 amide bonds. The minimum Gasteiger partial charge on any atom is -0.456 e. The van der Waals surface area contributed by atoms with Gasteiger partial charge in [-0.15, -0.1) is 0 Å². The second-order valence-electron chi connectivity index (χ2n) is 15.2. The van der Waals surface area contributed by atoms with Crippen LogP contribution in [0.15, 0.2) is 217 Å². The predicted molar refractivity (Wildman–Crippen MR) is 247 cm³/mol. The molecule has 0 radical (unpaired) electrons. The Labute approximate surface area is 335 Å². The van der Waals surface area contributed by atoms with Crippen molar-refractivity contribution in [1.82, 2.24) is 0 Å². The van der Waals surface area contributed by atoms with E-state index in [1.165, 1.54) is 65.0 Å². The highest BCUT2D eigenvalue weighted by atomic mass is 16.3. The van der Waals surface area contributed by atoms with E-state index in [4.69, 9.17) is 4.42 Å². The molecule has 2 heteroatoms. The molecule has 0 aliphatic heterocycles. The molecule has 12 rings (SSSR count). The summed E-state index contributed by atoms with van der Waals surface area (Å²) in [5, 5.41) is 14.6. The third-order valence-corrected chi connectivity index (χ3v) is 12.0. The molecule has 2 nitrogen and oxygen atoms in total. The fourth-order valence-corrected chi connectivity index (χ4v) is 9.34. The Hall–Kier alpha value is -7.68. The lowest BCUT2D eigenvalue weighted by atomic mass is 9.94. The SMILES string of the molecule is c1ccc(N(c2ccc(-c3cccc4c3ccc3ccccc34)cc2)c2cccc3c2ccc2ccccc23)c(-c2cccc3oc4cc5ccccc5cc4c23)c1. The molecule has 12 aromatic rings. The van der Waals surface area contributed by atoms with Crippen LogP contribution in [-0.2, 0) is 0 Å². The van der Waals surface area contributed by atoms with Crippen molar-refractivity contribution in [2.24, 2.45) is 0 Å². The van der Waals surface area contributed by atoms with E-state index in [0.29, 0.717) is 0 Å². The Bertz CT molecular complexity index is 3580. The number of anilines is 3. The van der Waals surface area contributed by atoms with Gasteiger partial charge in [0.15, 0.2) is 0 Å². The standard InChI is InChI=1S/C56H35NO/c1-2-15-40-35-55-51(34-39(40)14-1)56-50(22-11-25-54(56)58-55)48-18-7-8-23-52(48)57(53-24-10-21-46-43-17-6-4-13-37(43)29-33-49(46)53)41-30-26-38(27-31-41)44-19-9-20-45-42-16-5-3-12-36(42)28-32-47(44)45/h1-35H. The summed E-state index contributed by atoms with van der Waals surface area (Å²) in [7, 11) is 0. The molecule has 0 N–H and O–H groups in total. The van der Waals surface area contributed by atoms with Crippen LogP contribution in [0, 0.1) is 0 Å². The number of para-hydroxylation sites is 1. The Balaban J connectivity index is 1.09. The molecule has 1 aromatic heterocycles. The van der Waals surface area contributed by atoms with Crippen molar-refractivity contribution in [3.05, 3.63) is 212 Å². The van der Waals surface area contributed by atoms with Crippen molar-refractivity contribution in [2.45, 2.75) is 0 Å². The van der Waals surface area contributed by atoms with Gasteiger partial charge in [0.25, 0.3) is 0 Å². The second kappa shape index (κ2) is 12.9. The molecule has 11 aromatic carbocycles. The monoisotopic (exact) mass is 737 g/mol. The van der Waals surface area contributed by atoms with Crippen molar-refractivity contribution in [3.8, 4) is 22.3 Å². The highest BCUT2D eigenvalue weighted by Crippen LogP contribution is 2.47. The quantitative estimate of drug-likeness (QED) is 0.164. The average Bonchev–Trinajstić information content (AvgIpc) is 3.66. The highest BCUT2D eigenvalue weighted by molar-refractivity contribution is 6.18. The number of furan rings is 1. The fourth-order valence-electron chi connectivity index (χ4n) is 9.34. The van der Waals surface area contributed by atoms with Crippen LogP contribution in [0.25, 0.3) is 98.1 Å². The van der Waals surface area contributed by atoms with Gasteiger partial charge in [0.2, 0.25) is 0 Å². The van der Waals surface area contributed by atoms with E-state index < -0.39 is 0 Å². The number of benzene rings is 11. The predicted octanol–water partition coefficient (Wildman–Crippen LogP) is 16.2. The summed E-state index contributed by atoms with van der Waals surface area (Å²) < 4.78 is 6.59. The topological polar surface area (TPSA) is 16.4 Å². The van der Waals surface area contributed by atoms with E-state index in [1.54, 1.807) is 0 Å². The third-order valence-electron chi connectivity index (χ3n) is 12.0. The Kier molecular flexibility index (Phi) is 7.26. The summed E-state index contributed by atoms with van der Waals surface area (Å²) in [4.78, 5) is 2.45. The van der Waals surface area contributed by atoms with Gasteiger partial charge in [-0.3, -0.25) is 0 Å². The molecular weight excluding hydrogens is 703 g/mol. The molecule has 0 saturated carbocycles. The zero-order valence-corrected chi connectivity index (χ0v) is 31.6. The lowest BCUT2D eigenvalue weighted by molar-refractivity contribution is 0.669. The van der Waals surface area contributed by atoms with Crippen LogP contribution in [0.3, 0.4) is 0 Å². The number of hydrogen-bond donors (Lipinski definition) is 0. The first-order chi connectivity index (χ1) is 28.8. The van der Waals surface area contributed by atoms with Gasteiger partial charge >= 0.3 is 0 Å². The van der Waals surface area contributed by atoms with E-state index in [0.717, 1.165) is 50.1 Å². The molecule has 0 bridgehead atoms. The summed E-state index contributed by atoms with van der Waals surface area (Å²) in [6.07, 6.45) is 0. The first-order valence-corrected chi connectivity index (χ1v) is 19.9. The van der Waals surface area contributed by atoms with Gasteiger partial charge in [-0.05, 0) is 108 Å². The summed E-state index contributed by atoms with van der Waals surface area (Å²) in [6.45, 7) is 0. The van der Waals surface area contributed by atoms with Crippen molar-refractivity contribution in [1.29, 1.82) is 0 Å². The fraction of sp³-hybridized carbons (Fsp3) is 0. The van der Waals surface area contributed by atoms with Crippen molar-refractivity contribution in [3.63, 3.8) is 0 Å². The maximum absolute atomic E-state index is 6.59. The van der Waals surface area contributed by atoms with Gasteiger partial charge in [0, 0.05) is 27.4 Å². The molecule has 0 spiro atoms. The van der Waals surface area contributed by atoms with Gasteiger partial charge in [0.05, 0.1) is 11.4 Å². The van der Waals surface area contributed by atoms with Gasteiger partial charge < -0.3 is 9.32 Å². The minimum absolute atomic E-state index is 0.882. The molecule has 0 saturated heterocycles. The van der Waals surface area contributed by atoms with Crippen LogP contribution in [0.1, 0.15) is 0 Å². The smallest absolute Gasteiger partial charge is 0.136 e. The van der Waals surface area contributed by atoms with Gasteiger partial charge in [0.1, 0.15) is 11.2 Å². The first kappa shape index (κ1) is 32.6. The number of nitrogens with zero attached hydrogens (tertiary/aromatic N) is 1. The van der Waals surface area contributed by atoms with E-state index >= 15 is 0 Å². The Morgan fingerprint density at radius 2 is 0.845 bits per heavy atom. The van der Waals surface area contributed by atoms with Crippen LogP contribution in [0.2, 0.25) is 0 Å². The summed E-state index contributed by atoms with van der Waals surface area (Å²) >= 11 is 0. The van der Waals surface area contributed by atoms with Gasteiger partial charge in [-0.1, -0.05) is 170 Å². The van der Waals surface area contributed by atoms with E-state index in [2.05, 4.69) is 217 Å².